The van der Waals surface area contributed by atoms with Crippen molar-refractivity contribution in [1.82, 2.24) is 4.98 Å². The third-order valence-corrected chi connectivity index (χ3v) is 8.88. The van der Waals surface area contributed by atoms with E-state index >= 15 is 0 Å². The second kappa shape index (κ2) is 10.4. The lowest BCUT2D eigenvalue weighted by Crippen LogP contribution is -2.37. The first-order valence-corrected chi connectivity index (χ1v) is 14.6. The van der Waals surface area contributed by atoms with E-state index in [0.29, 0.717) is 34.6 Å². The molecule has 10 heteroatoms. The highest BCUT2D eigenvalue weighted by Gasteiger charge is 2.27. The minimum Gasteiger partial charge on any atom is -0.376 e. The molecule has 1 atom stereocenters. The lowest BCUT2D eigenvalue weighted by atomic mass is 10.1. The summed E-state index contributed by atoms with van der Waals surface area (Å²) in [5.74, 6) is -0.230. The number of hydrogen-bond donors (Lipinski definition) is 1. The lowest BCUT2D eigenvalue weighted by molar-refractivity contribution is 0.0917. The molecule has 1 amide bonds. The van der Waals surface area contributed by atoms with Gasteiger partial charge in [-0.1, -0.05) is 40.6 Å². The van der Waals surface area contributed by atoms with Crippen molar-refractivity contribution >= 4 is 59.9 Å². The van der Waals surface area contributed by atoms with Crippen LogP contribution in [0.4, 0.5) is 10.8 Å². The fourth-order valence-electron chi connectivity index (χ4n) is 4.27. The smallest absolute Gasteiger partial charge is 0.261 e. The van der Waals surface area contributed by atoms with Gasteiger partial charge in [0.05, 0.1) is 27.8 Å². The molecular formula is C27H26ClN3O4S2. The molecule has 0 spiro atoms. The highest BCUT2D eigenvalue weighted by Crippen LogP contribution is 2.34. The fraction of sp³-hybridized carbons (Fsp3) is 0.259. The van der Waals surface area contributed by atoms with E-state index in [-0.39, 0.29) is 16.9 Å². The van der Waals surface area contributed by atoms with Crippen molar-refractivity contribution in [2.45, 2.75) is 37.7 Å². The summed E-state index contributed by atoms with van der Waals surface area (Å²) in [5, 5.41) is 1.20. The number of nitrogens with zero attached hydrogens (tertiary/aromatic N) is 2. The van der Waals surface area contributed by atoms with Crippen LogP contribution in [0.5, 0.6) is 0 Å². The molecule has 0 aliphatic carbocycles. The van der Waals surface area contributed by atoms with Crippen LogP contribution >= 0.6 is 22.9 Å². The first-order chi connectivity index (χ1) is 17.7. The molecule has 1 saturated heterocycles. The summed E-state index contributed by atoms with van der Waals surface area (Å²) in [6, 6.07) is 16.7. The van der Waals surface area contributed by atoms with Gasteiger partial charge in [0, 0.05) is 22.9 Å². The average molecular weight is 556 g/mol. The van der Waals surface area contributed by atoms with Crippen LogP contribution < -0.4 is 9.62 Å². The van der Waals surface area contributed by atoms with Gasteiger partial charge in [0.2, 0.25) is 0 Å². The Balaban J connectivity index is 1.41. The number of benzene rings is 3. The van der Waals surface area contributed by atoms with Crippen LogP contribution in [0.15, 0.2) is 65.6 Å². The van der Waals surface area contributed by atoms with Crippen LogP contribution in [0.1, 0.15) is 34.3 Å². The number of rotatable bonds is 7. The lowest BCUT2D eigenvalue weighted by Gasteiger charge is -2.23. The molecule has 1 aliphatic rings. The number of anilines is 2. The van der Waals surface area contributed by atoms with Crippen molar-refractivity contribution in [2.24, 2.45) is 0 Å². The highest BCUT2D eigenvalue weighted by molar-refractivity contribution is 7.92. The number of thiazole rings is 1. The van der Waals surface area contributed by atoms with E-state index in [2.05, 4.69) is 4.72 Å². The zero-order valence-electron chi connectivity index (χ0n) is 20.4. The van der Waals surface area contributed by atoms with E-state index in [1.54, 1.807) is 53.4 Å². The van der Waals surface area contributed by atoms with Crippen molar-refractivity contribution in [3.05, 3.63) is 82.4 Å². The van der Waals surface area contributed by atoms with Crippen molar-refractivity contribution in [3.8, 4) is 0 Å². The van der Waals surface area contributed by atoms with Crippen molar-refractivity contribution in [2.75, 3.05) is 22.8 Å². The number of nitrogens with one attached hydrogen (secondary N) is 1. The Morgan fingerprint density at radius 2 is 1.86 bits per heavy atom. The SMILES string of the molecule is Cc1ccc(S(=O)(=O)Nc2ccc(C(=O)N(CC3CCCO3)c3nc4c(C)cc(Cl)cc4s3)cc2)cc1. The third-order valence-electron chi connectivity index (χ3n) is 6.24. The van der Waals surface area contributed by atoms with Gasteiger partial charge in [-0.15, -0.1) is 0 Å². The summed E-state index contributed by atoms with van der Waals surface area (Å²) >= 11 is 7.66. The van der Waals surface area contributed by atoms with Crippen molar-refractivity contribution in [1.29, 1.82) is 0 Å². The first-order valence-electron chi connectivity index (χ1n) is 11.9. The van der Waals surface area contributed by atoms with Gasteiger partial charge in [0.25, 0.3) is 15.9 Å². The third kappa shape index (κ3) is 5.65. The Kier molecular flexibility index (Phi) is 7.22. The standard InChI is InChI=1S/C27H26ClN3O4S2/c1-17-5-11-23(12-6-17)37(33,34)30-21-9-7-19(8-10-21)26(32)31(16-22-4-3-13-35-22)27-29-25-18(2)14-20(28)15-24(25)36-27/h5-12,14-15,22,30H,3-4,13,16H2,1-2H3. The number of aromatic nitrogens is 1. The molecule has 7 nitrogen and oxygen atoms in total. The molecule has 1 aromatic heterocycles. The van der Waals surface area contributed by atoms with Crippen LogP contribution in [0.2, 0.25) is 5.02 Å². The van der Waals surface area contributed by atoms with Gasteiger partial charge >= 0.3 is 0 Å². The van der Waals surface area contributed by atoms with Crippen LogP contribution in [0, 0.1) is 13.8 Å². The maximum absolute atomic E-state index is 13.7. The highest BCUT2D eigenvalue weighted by atomic mass is 35.5. The minimum absolute atomic E-state index is 0.0683. The second-order valence-corrected chi connectivity index (χ2v) is 12.2. The number of halogens is 1. The Labute approximate surface area is 225 Å². The summed E-state index contributed by atoms with van der Waals surface area (Å²) in [6.45, 7) is 4.90. The quantitative estimate of drug-likeness (QED) is 0.293. The zero-order valence-corrected chi connectivity index (χ0v) is 22.8. The number of carbonyl (C=O) groups is 1. The van der Waals surface area contributed by atoms with Gasteiger partial charge in [-0.3, -0.25) is 14.4 Å². The van der Waals surface area contributed by atoms with E-state index < -0.39 is 10.0 Å². The number of carbonyl (C=O) groups excluding carboxylic acids is 1. The molecule has 0 saturated carbocycles. The predicted molar refractivity (Wildman–Crippen MR) is 148 cm³/mol. The van der Waals surface area contributed by atoms with Crippen LogP contribution in [0.25, 0.3) is 10.2 Å². The zero-order chi connectivity index (χ0) is 26.2. The average Bonchev–Trinajstić information content (AvgIpc) is 3.53. The maximum Gasteiger partial charge on any atom is 0.261 e. The Morgan fingerprint density at radius 3 is 2.54 bits per heavy atom. The monoisotopic (exact) mass is 555 g/mol. The molecule has 1 fully saturated rings. The fourth-order valence-corrected chi connectivity index (χ4v) is 6.75. The Bertz CT molecular complexity index is 1550. The number of hydrogen-bond acceptors (Lipinski definition) is 6. The van der Waals surface area contributed by atoms with Gasteiger partial charge in [0.1, 0.15) is 0 Å². The van der Waals surface area contributed by atoms with Crippen LogP contribution in [0.3, 0.4) is 0 Å². The van der Waals surface area contributed by atoms with E-state index in [4.69, 9.17) is 21.3 Å². The van der Waals surface area contributed by atoms with Gasteiger partial charge in [0.15, 0.2) is 5.13 Å². The second-order valence-electron chi connectivity index (χ2n) is 9.11. The number of aryl methyl sites for hydroxylation is 2. The first kappa shape index (κ1) is 25.7. The summed E-state index contributed by atoms with van der Waals surface area (Å²) in [7, 11) is -3.74. The molecule has 0 bridgehead atoms. The Hall–Kier alpha value is -2.98. The number of sulfonamides is 1. The predicted octanol–water partition coefficient (Wildman–Crippen LogP) is 6.19. The van der Waals surface area contributed by atoms with Gasteiger partial charge in [-0.2, -0.15) is 0 Å². The van der Waals surface area contributed by atoms with E-state index in [9.17, 15) is 13.2 Å². The van der Waals surface area contributed by atoms with Crippen LogP contribution in [-0.4, -0.2) is 38.6 Å². The molecule has 5 rings (SSSR count). The van der Waals surface area contributed by atoms with Crippen LogP contribution in [-0.2, 0) is 14.8 Å². The van der Waals surface area contributed by atoms with Crippen molar-refractivity contribution < 1.29 is 17.9 Å². The number of amides is 1. The summed E-state index contributed by atoms with van der Waals surface area (Å²) in [6.07, 6.45) is 1.76. The Morgan fingerprint density at radius 1 is 1.14 bits per heavy atom. The number of ether oxygens (including phenoxy) is 1. The molecule has 1 aliphatic heterocycles. The topological polar surface area (TPSA) is 88.6 Å². The normalized spacial score (nSPS) is 15.7. The molecule has 3 aromatic carbocycles. The molecular weight excluding hydrogens is 530 g/mol. The molecule has 37 heavy (non-hydrogen) atoms. The van der Waals surface area contributed by atoms with E-state index in [1.807, 2.05) is 26.0 Å². The molecule has 1 N–H and O–H groups in total. The van der Waals surface area contributed by atoms with Gasteiger partial charge in [-0.25, -0.2) is 13.4 Å². The maximum atomic E-state index is 13.7. The largest absolute Gasteiger partial charge is 0.376 e. The van der Waals surface area contributed by atoms with Gasteiger partial charge in [-0.05, 0) is 80.8 Å². The van der Waals surface area contributed by atoms with Crippen molar-refractivity contribution in [3.63, 3.8) is 0 Å². The summed E-state index contributed by atoms with van der Waals surface area (Å²) in [5.41, 5.74) is 3.52. The minimum atomic E-state index is -3.74. The van der Waals surface area contributed by atoms with E-state index in [1.165, 1.54) is 11.3 Å². The molecule has 2 heterocycles. The molecule has 0 radical (unpaired) electrons. The number of fused-ring (bicyclic) bond motifs is 1. The summed E-state index contributed by atoms with van der Waals surface area (Å²) in [4.78, 5) is 20.3. The molecule has 4 aromatic rings. The summed E-state index contributed by atoms with van der Waals surface area (Å²) < 4.78 is 34.8. The molecule has 1 unspecified atom stereocenters. The van der Waals surface area contributed by atoms with Gasteiger partial charge < -0.3 is 4.74 Å². The van der Waals surface area contributed by atoms with E-state index in [0.717, 1.165) is 34.2 Å². The molecule has 192 valence electrons.